The van der Waals surface area contributed by atoms with Crippen LogP contribution in [0.3, 0.4) is 0 Å². The Hall–Kier alpha value is -1.64. The number of hydrogen-bond acceptors (Lipinski definition) is 5. The van der Waals surface area contributed by atoms with E-state index in [1.54, 1.807) is 6.07 Å². The zero-order valence-electron chi connectivity index (χ0n) is 15.0. The summed E-state index contributed by atoms with van der Waals surface area (Å²) in [6.07, 6.45) is 3.26. The molecule has 0 unspecified atom stereocenters. The van der Waals surface area contributed by atoms with Crippen LogP contribution in [0.1, 0.15) is 32.6 Å². The first-order chi connectivity index (χ1) is 11.8. The van der Waals surface area contributed by atoms with Gasteiger partial charge in [0.1, 0.15) is 5.75 Å². The molecule has 140 valence electrons. The summed E-state index contributed by atoms with van der Waals surface area (Å²) >= 11 is 0. The third kappa shape index (κ3) is 4.71. The van der Waals surface area contributed by atoms with Gasteiger partial charge in [0.15, 0.2) is 0 Å². The van der Waals surface area contributed by atoms with Gasteiger partial charge in [0.2, 0.25) is 15.9 Å². The van der Waals surface area contributed by atoms with Gasteiger partial charge in [0.25, 0.3) is 0 Å². The summed E-state index contributed by atoms with van der Waals surface area (Å²) in [5, 5.41) is 2.79. The summed E-state index contributed by atoms with van der Waals surface area (Å²) in [5.41, 5.74) is 6.39. The van der Waals surface area contributed by atoms with Crippen molar-refractivity contribution in [1.82, 2.24) is 4.31 Å². The number of benzene rings is 1. The average Bonchev–Trinajstić information content (AvgIpc) is 2.94. The van der Waals surface area contributed by atoms with Gasteiger partial charge < -0.3 is 15.8 Å². The second kappa shape index (κ2) is 8.16. The van der Waals surface area contributed by atoms with E-state index in [-0.39, 0.29) is 22.8 Å². The summed E-state index contributed by atoms with van der Waals surface area (Å²) in [4.78, 5) is 12.5. The molecule has 25 heavy (non-hydrogen) atoms. The Kier molecular flexibility index (Phi) is 6.42. The first-order valence-electron chi connectivity index (χ1n) is 8.50. The minimum Gasteiger partial charge on any atom is -0.492 e. The molecule has 1 fully saturated rings. The maximum absolute atomic E-state index is 12.4. The van der Waals surface area contributed by atoms with Crippen molar-refractivity contribution < 1.29 is 17.9 Å². The summed E-state index contributed by atoms with van der Waals surface area (Å²) in [7, 11) is -0.664. The molecule has 0 spiro atoms. The molecule has 2 atom stereocenters. The van der Waals surface area contributed by atoms with Crippen LogP contribution < -0.4 is 15.8 Å². The van der Waals surface area contributed by atoms with Gasteiger partial charge >= 0.3 is 0 Å². The lowest BCUT2D eigenvalue weighted by molar-refractivity contribution is -0.117. The molecule has 1 amide bonds. The fourth-order valence-corrected chi connectivity index (χ4v) is 3.95. The average molecular weight is 369 g/mol. The Morgan fingerprint density at radius 2 is 2.08 bits per heavy atom. The second-order valence-corrected chi connectivity index (χ2v) is 8.64. The summed E-state index contributed by atoms with van der Waals surface area (Å²) in [6.45, 7) is 2.24. The highest BCUT2D eigenvalue weighted by molar-refractivity contribution is 7.89. The largest absolute Gasteiger partial charge is 0.492 e. The highest BCUT2D eigenvalue weighted by Gasteiger charge is 2.27. The Morgan fingerprint density at radius 1 is 1.36 bits per heavy atom. The number of nitrogens with one attached hydrogen (secondary N) is 1. The Labute approximate surface area is 149 Å². The zero-order chi connectivity index (χ0) is 18.6. The van der Waals surface area contributed by atoms with Crippen molar-refractivity contribution >= 4 is 21.6 Å². The molecular formula is C17H27N3O4S. The summed E-state index contributed by atoms with van der Waals surface area (Å²) in [5.74, 6) is 0.441. The van der Waals surface area contributed by atoms with Gasteiger partial charge in [0, 0.05) is 26.6 Å². The predicted octanol–water partition coefficient (Wildman–Crippen LogP) is 1.79. The quantitative estimate of drug-likeness (QED) is 0.763. The maximum Gasteiger partial charge on any atom is 0.242 e. The summed E-state index contributed by atoms with van der Waals surface area (Å²) in [6, 6.07) is 4.53. The minimum atomic E-state index is -3.59. The van der Waals surface area contributed by atoms with Crippen molar-refractivity contribution in [3.8, 4) is 5.75 Å². The molecule has 0 saturated heterocycles. The van der Waals surface area contributed by atoms with E-state index in [9.17, 15) is 13.2 Å². The number of nitrogens with two attached hydrogens (primary N) is 1. The van der Waals surface area contributed by atoms with Crippen molar-refractivity contribution in [3.05, 3.63) is 18.2 Å². The lowest BCUT2D eigenvalue weighted by atomic mass is 10.00. The number of nitrogens with zero attached hydrogens (tertiary/aromatic N) is 1. The number of hydrogen-bond donors (Lipinski definition) is 2. The van der Waals surface area contributed by atoms with Crippen molar-refractivity contribution in [2.45, 2.75) is 43.5 Å². The molecule has 0 heterocycles. The van der Waals surface area contributed by atoms with Crippen molar-refractivity contribution in [1.29, 1.82) is 0 Å². The monoisotopic (exact) mass is 369 g/mol. The van der Waals surface area contributed by atoms with Crippen LogP contribution in [0.25, 0.3) is 0 Å². The Morgan fingerprint density at radius 3 is 2.64 bits per heavy atom. The van der Waals surface area contributed by atoms with Crippen LogP contribution in [-0.4, -0.2) is 45.4 Å². The standard InChI is InChI=1S/C17H27N3O4S/c1-4-24-16-9-8-13(25(22,23)20(2)3)11-15(16)19-17(21)10-12-6-5-7-14(12)18/h8-9,11-12,14H,4-7,10,18H2,1-3H3,(H,19,21)/t12-,14+/m0/s1. The molecular weight excluding hydrogens is 342 g/mol. The molecule has 1 aliphatic rings. The van der Waals surface area contributed by atoms with E-state index in [0.29, 0.717) is 24.5 Å². The molecule has 0 aliphatic heterocycles. The van der Waals surface area contributed by atoms with Crippen LogP contribution >= 0.6 is 0 Å². The van der Waals surface area contributed by atoms with E-state index in [4.69, 9.17) is 10.5 Å². The molecule has 1 aromatic rings. The molecule has 3 N–H and O–H groups in total. The smallest absolute Gasteiger partial charge is 0.242 e. The molecule has 1 saturated carbocycles. The third-order valence-electron chi connectivity index (χ3n) is 4.47. The van der Waals surface area contributed by atoms with Gasteiger partial charge in [-0.05, 0) is 43.9 Å². The van der Waals surface area contributed by atoms with Crippen LogP contribution in [-0.2, 0) is 14.8 Å². The fourth-order valence-electron chi connectivity index (χ4n) is 3.02. The van der Waals surface area contributed by atoms with E-state index in [1.165, 1.54) is 26.2 Å². The van der Waals surface area contributed by atoms with Crippen LogP contribution in [0.4, 0.5) is 5.69 Å². The van der Waals surface area contributed by atoms with Crippen LogP contribution in [0, 0.1) is 5.92 Å². The van der Waals surface area contributed by atoms with Gasteiger partial charge in [-0.2, -0.15) is 0 Å². The number of ether oxygens (including phenoxy) is 1. The molecule has 1 aromatic carbocycles. The van der Waals surface area contributed by atoms with Gasteiger partial charge in [0.05, 0.1) is 17.2 Å². The molecule has 7 nitrogen and oxygen atoms in total. The number of rotatable bonds is 7. The Bertz CT molecular complexity index is 719. The van der Waals surface area contributed by atoms with E-state index in [2.05, 4.69) is 5.32 Å². The maximum atomic E-state index is 12.4. The third-order valence-corrected chi connectivity index (χ3v) is 6.28. The van der Waals surface area contributed by atoms with E-state index >= 15 is 0 Å². The molecule has 0 radical (unpaired) electrons. The topological polar surface area (TPSA) is 102 Å². The van der Waals surface area contributed by atoms with Gasteiger partial charge in [-0.15, -0.1) is 0 Å². The van der Waals surface area contributed by atoms with Crippen molar-refractivity contribution in [2.75, 3.05) is 26.0 Å². The number of anilines is 1. The van der Waals surface area contributed by atoms with E-state index < -0.39 is 10.0 Å². The van der Waals surface area contributed by atoms with Crippen LogP contribution in [0.5, 0.6) is 5.75 Å². The predicted molar refractivity (Wildman–Crippen MR) is 97.0 cm³/mol. The van der Waals surface area contributed by atoms with Crippen LogP contribution in [0.2, 0.25) is 0 Å². The minimum absolute atomic E-state index is 0.0533. The summed E-state index contributed by atoms with van der Waals surface area (Å²) < 4.78 is 31.3. The lowest BCUT2D eigenvalue weighted by Gasteiger charge is -2.18. The van der Waals surface area contributed by atoms with E-state index in [1.807, 2.05) is 6.92 Å². The molecule has 2 rings (SSSR count). The van der Waals surface area contributed by atoms with Gasteiger partial charge in [-0.25, -0.2) is 12.7 Å². The van der Waals surface area contributed by atoms with Crippen LogP contribution in [0.15, 0.2) is 23.1 Å². The van der Waals surface area contributed by atoms with E-state index in [0.717, 1.165) is 23.6 Å². The fraction of sp³-hybridized carbons (Fsp3) is 0.588. The number of carbonyl (C=O) groups is 1. The van der Waals surface area contributed by atoms with Crippen molar-refractivity contribution in [2.24, 2.45) is 11.7 Å². The van der Waals surface area contributed by atoms with Gasteiger partial charge in [-0.1, -0.05) is 6.42 Å². The molecule has 0 aromatic heterocycles. The SMILES string of the molecule is CCOc1ccc(S(=O)(=O)N(C)C)cc1NC(=O)C[C@@H]1CCC[C@H]1N. The van der Waals surface area contributed by atoms with Gasteiger partial charge in [-0.3, -0.25) is 4.79 Å². The second-order valence-electron chi connectivity index (χ2n) is 6.49. The molecule has 8 heteroatoms. The molecule has 1 aliphatic carbocycles. The van der Waals surface area contributed by atoms with Crippen molar-refractivity contribution in [3.63, 3.8) is 0 Å². The Balaban J connectivity index is 2.22. The normalized spacial score (nSPS) is 20.7. The zero-order valence-corrected chi connectivity index (χ0v) is 15.8. The highest BCUT2D eigenvalue weighted by atomic mass is 32.2. The number of carbonyl (C=O) groups excluding carboxylic acids is 1. The first-order valence-corrected chi connectivity index (χ1v) is 9.94. The first kappa shape index (κ1) is 19.7. The number of sulfonamides is 1. The lowest BCUT2D eigenvalue weighted by Crippen LogP contribution is -2.28. The highest BCUT2D eigenvalue weighted by Crippen LogP contribution is 2.31. The number of amides is 1. The molecule has 0 bridgehead atoms.